The van der Waals surface area contributed by atoms with E-state index in [1.807, 2.05) is 6.07 Å². The fourth-order valence-corrected chi connectivity index (χ4v) is 2.43. The van der Waals surface area contributed by atoms with E-state index in [4.69, 9.17) is 14.9 Å². The van der Waals surface area contributed by atoms with Gasteiger partial charge in [-0.2, -0.15) is 5.21 Å². The van der Waals surface area contributed by atoms with Gasteiger partial charge in [0.15, 0.2) is 0 Å². The molecule has 3 N–H and O–H groups in total. The number of carbonyl (C=O) groups excluding carboxylic acids is 1. The number of hydrogen-bond acceptors (Lipinski definition) is 6. The summed E-state index contributed by atoms with van der Waals surface area (Å²) in [4.78, 5) is 11.7. The molecule has 120 valence electrons. The number of amides is 1. The van der Waals surface area contributed by atoms with Gasteiger partial charge in [-0.25, -0.2) is 0 Å². The highest BCUT2D eigenvalue weighted by molar-refractivity contribution is 6.08. The second-order valence-electron chi connectivity index (χ2n) is 5.09. The number of tetrazole rings is 1. The van der Waals surface area contributed by atoms with Crippen LogP contribution >= 0.6 is 0 Å². The minimum Gasteiger partial charge on any atom is -0.493 e. The van der Waals surface area contributed by atoms with E-state index in [-0.39, 0.29) is 11.6 Å². The maximum atomic E-state index is 11.7. The number of furan rings is 1. The van der Waals surface area contributed by atoms with Crippen LogP contribution in [0, 0.1) is 0 Å². The molecule has 0 saturated carbocycles. The first-order valence-electron chi connectivity index (χ1n) is 7.44. The molecule has 3 aromatic rings. The van der Waals surface area contributed by atoms with Gasteiger partial charge in [-0.05, 0) is 23.8 Å². The SMILES string of the molecule is CCCCCOc1cccc2oc(C(N)=O)c(-c3nn[nH]n3)c12. The van der Waals surface area contributed by atoms with Gasteiger partial charge in [0.05, 0.1) is 17.6 Å². The van der Waals surface area contributed by atoms with E-state index in [2.05, 4.69) is 27.5 Å². The van der Waals surface area contributed by atoms with Crippen LogP contribution in [0.25, 0.3) is 22.4 Å². The molecule has 0 aliphatic heterocycles. The number of aromatic nitrogens is 4. The van der Waals surface area contributed by atoms with Gasteiger partial charge in [-0.3, -0.25) is 4.79 Å². The van der Waals surface area contributed by atoms with E-state index in [0.29, 0.717) is 28.9 Å². The molecule has 23 heavy (non-hydrogen) atoms. The highest BCUT2D eigenvalue weighted by atomic mass is 16.5. The smallest absolute Gasteiger partial charge is 0.285 e. The first-order chi connectivity index (χ1) is 11.2. The monoisotopic (exact) mass is 315 g/mol. The van der Waals surface area contributed by atoms with Crippen molar-refractivity contribution in [3.63, 3.8) is 0 Å². The van der Waals surface area contributed by atoms with Gasteiger partial charge in [0.2, 0.25) is 11.6 Å². The van der Waals surface area contributed by atoms with E-state index in [0.717, 1.165) is 19.3 Å². The van der Waals surface area contributed by atoms with Crippen molar-refractivity contribution >= 4 is 16.9 Å². The molecule has 1 amide bonds. The van der Waals surface area contributed by atoms with Gasteiger partial charge in [-0.15, -0.1) is 10.2 Å². The zero-order valence-corrected chi connectivity index (χ0v) is 12.7. The Bertz CT molecular complexity index is 810. The predicted octanol–water partition coefficient (Wildman–Crippen LogP) is 2.28. The van der Waals surface area contributed by atoms with Crippen molar-refractivity contribution in [2.24, 2.45) is 5.73 Å². The first-order valence-corrected chi connectivity index (χ1v) is 7.44. The van der Waals surface area contributed by atoms with E-state index < -0.39 is 5.91 Å². The van der Waals surface area contributed by atoms with Crippen LogP contribution in [0.15, 0.2) is 22.6 Å². The van der Waals surface area contributed by atoms with Crippen molar-refractivity contribution in [3.05, 3.63) is 24.0 Å². The molecule has 0 aliphatic carbocycles. The van der Waals surface area contributed by atoms with Crippen LogP contribution in [0.3, 0.4) is 0 Å². The molecule has 0 radical (unpaired) electrons. The Labute approximate surface area is 132 Å². The van der Waals surface area contributed by atoms with E-state index in [1.165, 1.54) is 0 Å². The predicted molar refractivity (Wildman–Crippen MR) is 82.9 cm³/mol. The number of nitrogens with two attached hydrogens (primary N) is 1. The van der Waals surface area contributed by atoms with Gasteiger partial charge in [0, 0.05) is 0 Å². The normalized spacial score (nSPS) is 11.0. The van der Waals surface area contributed by atoms with Crippen molar-refractivity contribution in [3.8, 4) is 17.1 Å². The van der Waals surface area contributed by atoms with Crippen LogP contribution in [-0.2, 0) is 0 Å². The maximum Gasteiger partial charge on any atom is 0.285 e. The van der Waals surface area contributed by atoms with Crippen molar-refractivity contribution in [1.29, 1.82) is 0 Å². The average Bonchev–Trinajstić information content (AvgIpc) is 3.18. The lowest BCUT2D eigenvalue weighted by Crippen LogP contribution is -2.11. The third-order valence-corrected chi connectivity index (χ3v) is 3.48. The number of unbranched alkanes of at least 4 members (excludes halogenated alkanes) is 2. The second kappa shape index (κ2) is 6.47. The fourth-order valence-electron chi connectivity index (χ4n) is 2.43. The van der Waals surface area contributed by atoms with Gasteiger partial charge in [-0.1, -0.05) is 25.8 Å². The molecule has 0 atom stereocenters. The molecule has 0 fully saturated rings. The highest BCUT2D eigenvalue weighted by Crippen LogP contribution is 2.38. The van der Waals surface area contributed by atoms with E-state index in [1.54, 1.807) is 12.1 Å². The van der Waals surface area contributed by atoms with Gasteiger partial charge in [0.1, 0.15) is 11.3 Å². The molecule has 0 aliphatic rings. The molecule has 8 heteroatoms. The first kappa shape index (κ1) is 15.0. The number of nitrogens with one attached hydrogen (secondary N) is 1. The Morgan fingerprint density at radius 2 is 2.26 bits per heavy atom. The number of carbonyl (C=O) groups is 1. The molecule has 0 unspecified atom stereocenters. The molecule has 0 saturated heterocycles. The fraction of sp³-hybridized carbons (Fsp3) is 0.333. The molecule has 1 aromatic carbocycles. The van der Waals surface area contributed by atoms with Gasteiger partial charge < -0.3 is 14.9 Å². The lowest BCUT2D eigenvalue weighted by Gasteiger charge is -2.07. The van der Waals surface area contributed by atoms with Crippen molar-refractivity contribution < 1.29 is 13.9 Å². The van der Waals surface area contributed by atoms with Crippen LogP contribution in [0.2, 0.25) is 0 Å². The minimum absolute atomic E-state index is 0.00833. The number of H-pyrrole nitrogens is 1. The Kier molecular flexibility index (Phi) is 4.22. The molecule has 8 nitrogen and oxygen atoms in total. The van der Waals surface area contributed by atoms with Crippen LogP contribution < -0.4 is 10.5 Å². The second-order valence-corrected chi connectivity index (χ2v) is 5.09. The minimum atomic E-state index is -0.696. The summed E-state index contributed by atoms with van der Waals surface area (Å²) >= 11 is 0. The molecule has 0 bridgehead atoms. The van der Waals surface area contributed by atoms with E-state index in [9.17, 15) is 4.79 Å². The molecular weight excluding hydrogens is 298 g/mol. The number of hydrogen-bond donors (Lipinski definition) is 2. The third-order valence-electron chi connectivity index (χ3n) is 3.48. The topological polar surface area (TPSA) is 120 Å². The lowest BCUT2D eigenvalue weighted by molar-refractivity contribution is 0.0977. The number of ether oxygens (including phenoxy) is 1. The Hall–Kier alpha value is -2.90. The number of primary amides is 1. The summed E-state index contributed by atoms with van der Waals surface area (Å²) in [5.74, 6) is 0.140. The molecule has 3 rings (SSSR count). The Morgan fingerprint density at radius 1 is 1.39 bits per heavy atom. The standard InChI is InChI=1S/C15H17N5O3/c1-2-3-4-8-22-9-6-5-7-10-11(9)12(13(23-10)14(16)21)15-17-19-20-18-15/h5-7H,2-4,8H2,1H3,(H2,16,21)(H,17,18,19,20). The summed E-state index contributed by atoms with van der Waals surface area (Å²) < 4.78 is 11.4. The summed E-state index contributed by atoms with van der Waals surface area (Å²) in [5, 5.41) is 14.4. The number of nitrogens with zero attached hydrogens (tertiary/aromatic N) is 3. The molecule has 2 aromatic heterocycles. The number of rotatable bonds is 7. The maximum absolute atomic E-state index is 11.7. The van der Waals surface area contributed by atoms with Crippen molar-refractivity contribution in [2.75, 3.05) is 6.61 Å². The number of fused-ring (bicyclic) bond motifs is 1. The summed E-state index contributed by atoms with van der Waals surface area (Å²) in [6, 6.07) is 5.36. The molecule has 0 spiro atoms. The summed E-state index contributed by atoms with van der Waals surface area (Å²) in [7, 11) is 0. The van der Waals surface area contributed by atoms with Crippen LogP contribution in [0.5, 0.6) is 5.75 Å². The average molecular weight is 315 g/mol. The quantitative estimate of drug-likeness (QED) is 0.645. The Balaban J connectivity index is 2.09. The zero-order chi connectivity index (χ0) is 16.2. The van der Waals surface area contributed by atoms with Gasteiger partial charge >= 0.3 is 0 Å². The highest BCUT2D eigenvalue weighted by Gasteiger charge is 2.25. The van der Waals surface area contributed by atoms with Crippen LogP contribution in [0.1, 0.15) is 36.7 Å². The number of aromatic amines is 1. The zero-order valence-electron chi connectivity index (χ0n) is 12.7. The molecule has 2 heterocycles. The molecular formula is C15H17N5O3. The summed E-state index contributed by atoms with van der Waals surface area (Å²) in [6.07, 6.45) is 3.15. The third kappa shape index (κ3) is 2.87. The van der Waals surface area contributed by atoms with Crippen molar-refractivity contribution in [1.82, 2.24) is 20.6 Å². The van der Waals surface area contributed by atoms with Crippen molar-refractivity contribution in [2.45, 2.75) is 26.2 Å². The van der Waals surface area contributed by atoms with Gasteiger partial charge in [0.25, 0.3) is 5.91 Å². The van der Waals surface area contributed by atoms with Crippen LogP contribution in [0.4, 0.5) is 0 Å². The summed E-state index contributed by atoms with van der Waals surface area (Å²) in [6.45, 7) is 2.71. The largest absolute Gasteiger partial charge is 0.493 e. The number of benzene rings is 1. The van der Waals surface area contributed by atoms with Crippen LogP contribution in [-0.4, -0.2) is 33.1 Å². The summed E-state index contributed by atoms with van der Waals surface area (Å²) in [5.41, 5.74) is 6.30. The Morgan fingerprint density at radius 3 is 2.96 bits per heavy atom. The van der Waals surface area contributed by atoms with E-state index >= 15 is 0 Å². The lowest BCUT2D eigenvalue weighted by atomic mass is 10.1.